The minimum Gasteiger partial charge on any atom is -0.508 e. The van der Waals surface area contributed by atoms with Crippen LogP contribution in [0.25, 0.3) is 0 Å². The van der Waals surface area contributed by atoms with E-state index in [2.05, 4.69) is 13.8 Å². The van der Waals surface area contributed by atoms with E-state index in [1.165, 1.54) is 72.8 Å². The number of unbranched alkanes of at least 4 members (excludes halogenated alkanes) is 6. The third-order valence-corrected chi connectivity index (χ3v) is 13.2. The number of carbonyl (C=O) groups excluding carboxylic acids is 9. The van der Waals surface area contributed by atoms with E-state index in [9.17, 15) is 58.5 Å². The third kappa shape index (κ3) is 31.7. The SMILES string of the molecule is CCCCCOC(=O)c1cc(O)cc(C(=O)OCCCOC(=O)c2cc(C)cc(O)c2)c1.CCCCCOC(=O)c1ccc(C(=O)OCCCOC(=O)c2cc(C)cc(O)c2)cc1.CCCCCOC(=O)c1ccc(C(=O)OCCCOC(=O)c2ccc(C)cc2)cc1.F.[2HH].[Rf].[Rf].[Rf]. The van der Waals surface area contributed by atoms with Gasteiger partial charge in [0.25, 0.3) is 0 Å². The van der Waals surface area contributed by atoms with Crippen LogP contribution in [0.1, 0.15) is 209 Å². The first kappa shape index (κ1) is 83.9. The number of phenolic OH excluding ortho intramolecular Hbond substituents is 3. The van der Waals surface area contributed by atoms with Crippen LogP contribution in [0.5, 0.6) is 17.2 Å². The number of rotatable bonds is 33. The van der Waals surface area contributed by atoms with Crippen LogP contribution in [-0.2, 0) is 42.6 Å². The smallest absolute Gasteiger partial charge is 0.338 e. The molecule has 97 heavy (non-hydrogen) atoms. The maximum absolute atomic E-state index is 12.2. The summed E-state index contributed by atoms with van der Waals surface area (Å²) in [5.74, 6) is -5.03. The molecule has 0 unspecified atom stereocenters. The van der Waals surface area contributed by atoms with Gasteiger partial charge in [-0.2, -0.15) is 0 Å². The van der Waals surface area contributed by atoms with Crippen LogP contribution in [0.4, 0.5) is 4.70 Å². The Bertz CT molecular complexity index is 3370. The van der Waals surface area contributed by atoms with Gasteiger partial charge < -0.3 is 58.0 Å². The van der Waals surface area contributed by atoms with Gasteiger partial charge in [0.1, 0.15) is 17.2 Å². The summed E-state index contributed by atoms with van der Waals surface area (Å²) < 4.78 is 46.4. The molecule has 21 nitrogen and oxygen atoms in total. The molecular weight excluding hydrogens is 2020 g/mol. The molecule has 0 aromatic heterocycles. The molecule has 0 radical (unpaired) electrons. The van der Waals surface area contributed by atoms with Crippen molar-refractivity contribution < 1.29 is 107 Å². The Labute approximate surface area is 548 Å². The first-order valence-corrected chi connectivity index (χ1v) is 31.0. The van der Waals surface area contributed by atoms with Crippen molar-refractivity contribution in [3.63, 3.8) is 0 Å². The van der Waals surface area contributed by atoms with E-state index in [-0.39, 0.29) is 98.3 Å². The number of hydrogen-bond acceptors (Lipinski definition) is 21. The maximum atomic E-state index is 12.2. The van der Waals surface area contributed by atoms with Crippen molar-refractivity contribution in [1.29, 1.82) is 0 Å². The average Bonchev–Trinajstić information content (AvgIpc) is 0.887. The molecule has 0 aliphatic rings. The number of benzene rings is 6. The molecule has 0 bridgehead atoms. The van der Waals surface area contributed by atoms with E-state index in [1.807, 2.05) is 26.0 Å². The largest absolute Gasteiger partial charge is 0.508 e. The number of ether oxygens (including phenoxy) is 9. The molecule has 0 fully saturated rings. The second-order valence-electron chi connectivity index (χ2n) is 21.3. The van der Waals surface area contributed by atoms with E-state index < -0.39 is 53.7 Å². The van der Waals surface area contributed by atoms with Crippen LogP contribution in [0.15, 0.2) is 127 Å². The van der Waals surface area contributed by atoms with Crippen molar-refractivity contribution in [3.8, 4) is 17.2 Å². The second kappa shape index (κ2) is 46.0. The van der Waals surface area contributed by atoms with Crippen LogP contribution in [0.3, 0.4) is 0 Å². The molecule has 25 heteroatoms. The molecule has 0 amide bonds. The summed E-state index contributed by atoms with van der Waals surface area (Å²) in [6, 6.07) is 32.0. The van der Waals surface area contributed by atoms with Gasteiger partial charge in [-0.3, -0.25) is 4.70 Å². The Kier molecular flexibility index (Phi) is 39.8. The Morgan fingerprint density at radius 2 is 0.443 bits per heavy atom. The van der Waals surface area contributed by atoms with E-state index in [1.54, 1.807) is 56.3 Å². The molecule has 0 aliphatic heterocycles. The predicted octanol–water partition coefficient (Wildman–Crippen LogP) is 13.8. The Hall–Kier alpha value is -13.1. The van der Waals surface area contributed by atoms with Gasteiger partial charge in [-0.05, 0) is 166 Å². The first-order valence-electron chi connectivity index (χ1n) is 31.0. The number of aromatic hydroxyl groups is 3. The summed E-state index contributed by atoms with van der Waals surface area (Å²) in [6.45, 7) is 13.1. The van der Waals surface area contributed by atoms with Crippen molar-refractivity contribution >= 4 is 53.7 Å². The fraction of sp³-hybridized carbons (Fsp3) is 0.375. The van der Waals surface area contributed by atoms with Gasteiger partial charge in [-0.15, -0.1) is 0 Å². The molecule has 0 saturated carbocycles. The number of esters is 9. The van der Waals surface area contributed by atoms with E-state index in [4.69, 9.17) is 42.6 Å². The second-order valence-corrected chi connectivity index (χ2v) is 21.3. The molecular formula is C72H87FO21Rf3. The summed E-state index contributed by atoms with van der Waals surface area (Å²) in [7, 11) is 0. The van der Waals surface area contributed by atoms with Gasteiger partial charge >= 0.3 is 53.7 Å². The van der Waals surface area contributed by atoms with Gasteiger partial charge in [0.2, 0.25) is 0 Å². The minimum absolute atomic E-state index is 0. The van der Waals surface area contributed by atoms with Crippen molar-refractivity contribution in [3.05, 3.63) is 194 Å². The molecule has 514 valence electrons. The molecule has 0 saturated heterocycles. The van der Waals surface area contributed by atoms with Crippen molar-refractivity contribution in [2.75, 3.05) is 59.5 Å². The zero-order valence-electron chi connectivity index (χ0n) is 56.2. The van der Waals surface area contributed by atoms with Gasteiger partial charge in [0.15, 0.2) is 0 Å². The summed E-state index contributed by atoms with van der Waals surface area (Å²) in [4.78, 5) is 108. The van der Waals surface area contributed by atoms with Crippen LogP contribution in [0.2, 0.25) is 0 Å². The summed E-state index contributed by atoms with van der Waals surface area (Å²) in [5.41, 5.74) is 5.01. The number of hydrogen-bond donors (Lipinski definition) is 3. The fourth-order valence-electron chi connectivity index (χ4n) is 8.25. The predicted molar refractivity (Wildman–Crippen MR) is 347 cm³/mol. The van der Waals surface area contributed by atoms with Gasteiger partial charge in [-0.1, -0.05) is 77.0 Å². The number of carbonyl (C=O) groups is 9. The number of halogens is 1. The molecule has 0 aliphatic carbocycles. The molecule has 0 heterocycles. The van der Waals surface area contributed by atoms with E-state index in [0.29, 0.717) is 53.9 Å². The molecule has 0 atom stereocenters. The van der Waals surface area contributed by atoms with Crippen LogP contribution < -0.4 is 0 Å². The molecule has 3 N–H and O–H groups in total. The average molecular weight is 2110 g/mol. The van der Waals surface area contributed by atoms with Gasteiger partial charge in [0.05, 0.1) is 110 Å². The topological polar surface area (TPSA) is 297 Å². The monoisotopic (exact) mass is 2110 g/mol. The van der Waals surface area contributed by atoms with E-state index >= 15 is 0 Å². The summed E-state index contributed by atoms with van der Waals surface area (Å²) in [5, 5.41) is 28.9. The van der Waals surface area contributed by atoms with Crippen molar-refractivity contribution in [2.45, 2.75) is 119 Å². The molecule has 6 aromatic rings. The van der Waals surface area contributed by atoms with Gasteiger partial charge in [0, 0.05) is 20.7 Å². The number of phenols is 3. The van der Waals surface area contributed by atoms with Crippen molar-refractivity contribution in [1.82, 2.24) is 0 Å². The molecule has 6 aromatic carbocycles. The Balaban J connectivity index is 0. The van der Waals surface area contributed by atoms with Crippen LogP contribution in [0, 0.1) is 20.8 Å². The fourth-order valence-corrected chi connectivity index (χ4v) is 8.25. The van der Waals surface area contributed by atoms with Crippen LogP contribution in [-0.4, -0.2) is 129 Å². The maximum Gasteiger partial charge on any atom is 0.338 e. The first-order chi connectivity index (χ1) is 44.7. The third-order valence-electron chi connectivity index (χ3n) is 13.2. The normalized spacial score (nSPS) is 9.96. The Morgan fingerprint density at radius 3 is 0.660 bits per heavy atom. The number of aryl methyl sites for hydroxylation is 3. The zero-order chi connectivity index (χ0) is 67.9. The Morgan fingerprint density at radius 1 is 0.258 bits per heavy atom. The quantitative estimate of drug-likeness (QED) is 0.0196. The standard InChI is InChI=1S/C24H28O8.C24H28O7.C24H28O6.FH.3Rf.H2/c1-3-4-5-7-30-23(28)18-12-19(15-21(26)14-18)24(29)32-9-6-8-31-22(27)17-10-16(2)11-20(25)13-17;1-3-4-5-11-29-22(26)18-7-9-19(10-8-18)23(27)30-12-6-13-31-24(28)20-14-17(2)15-21(25)16-20;1-3-4-5-15-28-23(26)20-11-13-21(14-12-20)24(27)30-17-6-16-29-22(25)19-9-7-18(2)8-10-19;;;;;/h10-15,25-26H,3-9H2,1-2H3;7-10,14-16,25H,3-6,11-13H2,1-2H3;7-14H,3-6,15-17H2,1-2H3;1H;;;;1H/i;;;;;;;1+1. The summed E-state index contributed by atoms with van der Waals surface area (Å²) in [6.07, 6.45) is 9.45. The minimum atomic E-state index is -0.726. The van der Waals surface area contributed by atoms with E-state index in [0.717, 1.165) is 74.5 Å². The van der Waals surface area contributed by atoms with Crippen LogP contribution >= 0.6 is 0 Å². The van der Waals surface area contributed by atoms with Crippen molar-refractivity contribution in [2.24, 2.45) is 0 Å². The van der Waals surface area contributed by atoms with Gasteiger partial charge in [-0.25, -0.2) is 43.2 Å². The molecule has 6 rings (SSSR count). The summed E-state index contributed by atoms with van der Waals surface area (Å²) >= 11 is 0. The zero-order valence-corrected chi connectivity index (χ0v) is 75.4. The molecule has 0 spiro atoms.